The van der Waals surface area contributed by atoms with Gasteiger partial charge in [-0.05, 0) is 13.3 Å². The fourth-order valence-corrected chi connectivity index (χ4v) is 2.85. The van der Waals surface area contributed by atoms with Crippen LogP contribution < -0.4 is 5.32 Å². The highest BCUT2D eigenvalue weighted by molar-refractivity contribution is 7.10. The van der Waals surface area contributed by atoms with Gasteiger partial charge in [-0.1, -0.05) is 23.0 Å². The van der Waals surface area contributed by atoms with Crippen molar-refractivity contribution in [3.63, 3.8) is 0 Å². The molecule has 0 radical (unpaired) electrons. The van der Waals surface area contributed by atoms with E-state index < -0.39 is 0 Å². The summed E-state index contributed by atoms with van der Waals surface area (Å²) in [5.41, 5.74) is 0.852. The summed E-state index contributed by atoms with van der Waals surface area (Å²) < 4.78 is 4.52. The molecule has 2 rings (SSSR count). The van der Waals surface area contributed by atoms with Gasteiger partial charge in [0.25, 0.3) is 0 Å². The van der Waals surface area contributed by atoms with Crippen LogP contribution in [-0.2, 0) is 11.3 Å². The minimum Gasteiger partial charge on any atom is -0.353 e. The Hall–Kier alpha value is -0.760. The Balaban J connectivity index is 1.71. The maximum absolute atomic E-state index is 11.9. The number of carbonyl (C=O) groups is 1. The molecule has 1 aromatic rings. The number of rotatable bonds is 6. The molecule has 0 saturated carbocycles. The molecule has 1 amide bonds. The van der Waals surface area contributed by atoms with E-state index in [1.54, 1.807) is 0 Å². The fraction of sp³-hybridized carbons (Fsp3) is 0.769. The highest BCUT2D eigenvalue weighted by Crippen LogP contribution is 2.19. The molecule has 1 atom stereocenters. The van der Waals surface area contributed by atoms with Gasteiger partial charge in [0, 0.05) is 50.3 Å². The number of aromatic nitrogens is 2. The summed E-state index contributed by atoms with van der Waals surface area (Å²) in [6.07, 6.45) is 0.960. The van der Waals surface area contributed by atoms with Crippen molar-refractivity contribution < 1.29 is 4.79 Å². The SMILES string of the molecule is CC[C@@H](C)NC(=O)CN1CCN(Cc2nnsc2Cl)CC1. The minimum atomic E-state index is 0.115. The summed E-state index contributed by atoms with van der Waals surface area (Å²) >= 11 is 7.25. The molecule has 1 aliphatic rings. The zero-order valence-electron chi connectivity index (χ0n) is 12.5. The van der Waals surface area contributed by atoms with Gasteiger partial charge in [-0.3, -0.25) is 14.6 Å². The summed E-state index contributed by atoms with van der Waals surface area (Å²) in [5.74, 6) is 0.115. The van der Waals surface area contributed by atoms with E-state index in [1.165, 1.54) is 11.5 Å². The quantitative estimate of drug-likeness (QED) is 0.849. The van der Waals surface area contributed by atoms with E-state index in [0.717, 1.165) is 44.8 Å². The summed E-state index contributed by atoms with van der Waals surface area (Å²) in [4.78, 5) is 16.3. The average Bonchev–Trinajstić information content (AvgIpc) is 2.86. The van der Waals surface area contributed by atoms with Gasteiger partial charge in [0.15, 0.2) is 0 Å². The molecule has 1 N–H and O–H groups in total. The zero-order chi connectivity index (χ0) is 15.2. The lowest BCUT2D eigenvalue weighted by Crippen LogP contribution is -2.49. The van der Waals surface area contributed by atoms with Gasteiger partial charge in [-0.25, -0.2) is 0 Å². The molecule has 1 saturated heterocycles. The lowest BCUT2D eigenvalue weighted by atomic mass is 10.2. The van der Waals surface area contributed by atoms with E-state index in [-0.39, 0.29) is 11.9 Å². The summed E-state index contributed by atoms with van der Waals surface area (Å²) in [7, 11) is 0. The molecule has 0 bridgehead atoms. The average molecular weight is 332 g/mol. The molecule has 0 spiro atoms. The smallest absolute Gasteiger partial charge is 0.234 e. The minimum absolute atomic E-state index is 0.115. The normalized spacial score (nSPS) is 18.6. The van der Waals surface area contributed by atoms with E-state index in [9.17, 15) is 4.79 Å². The zero-order valence-corrected chi connectivity index (χ0v) is 14.1. The Bertz CT molecular complexity index is 461. The highest BCUT2D eigenvalue weighted by atomic mass is 35.5. The van der Waals surface area contributed by atoms with Crippen LogP contribution in [0.5, 0.6) is 0 Å². The summed E-state index contributed by atoms with van der Waals surface area (Å²) in [5, 5.41) is 7.04. The maximum Gasteiger partial charge on any atom is 0.234 e. The molecular weight excluding hydrogens is 310 g/mol. The number of piperazine rings is 1. The molecule has 1 aromatic heterocycles. The van der Waals surface area contributed by atoms with E-state index in [4.69, 9.17) is 11.6 Å². The van der Waals surface area contributed by atoms with Gasteiger partial charge in [-0.15, -0.1) is 5.10 Å². The molecule has 0 aromatic carbocycles. The predicted molar refractivity (Wildman–Crippen MR) is 84.5 cm³/mol. The van der Waals surface area contributed by atoms with E-state index in [1.807, 2.05) is 6.92 Å². The van der Waals surface area contributed by atoms with Gasteiger partial charge < -0.3 is 5.32 Å². The maximum atomic E-state index is 11.9. The van der Waals surface area contributed by atoms with Crippen molar-refractivity contribution in [3.05, 3.63) is 10.0 Å². The van der Waals surface area contributed by atoms with Crippen LogP contribution in [0.1, 0.15) is 26.0 Å². The summed E-state index contributed by atoms with van der Waals surface area (Å²) in [6, 6.07) is 0.248. The number of nitrogens with zero attached hydrogens (tertiary/aromatic N) is 4. The molecule has 6 nitrogen and oxygen atoms in total. The Morgan fingerprint density at radius 1 is 1.38 bits per heavy atom. The molecule has 1 aliphatic heterocycles. The highest BCUT2D eigenvalue weighted by Gasteiger charge is 2.20. The molecule has 8 heteroatoms. The molecule has 2 heterocycles. The van der Waals surface area contributed by atoms with Gasteiger partial charge in [-0.2, -0.15) is 0 Å². The Morgan fingerprint density at radius 2 is 2.05 bits per heavy atom. The first-order chi connectivity index (χ1) is 10.1. The van der Waals surface area contributed by atoms with E-state index >= 15 is 0 Å². The molecule has 0 unspecified atom stereocenters. The van der Waals surface area contributed by atoms with Crippen LogP contribution in [0.25, 0.3) is 0 Å². The lowest BCUT2D eigenvalue weighted by Gasteiger charge is -2.34. The second kappa shape index (κ2) is 8.03. The molecule has 21 heavy (non-hydrogen) atoms. The van der Waals surface area contributed by atoms with Crippen molar-refractivity contribution >= 4 is 29.0 Å². The molecule has 0 aliphatic carbocycles. The third kappa shape index (κ3) is 5.18. The fourth-order valence-electron chi connectivity index (χ4n) is 2.23. The summed E-state index contributed by atoms with van der Waals surface area (Å²) in [6.45, 7) is 8.95. The molecular formula is C13H22ClN5OS. The van der Waals surface area contributed by atoms with Crippen molar-refractivity contribution in [1.82, 2.24) is 24.7 Å². The van der Waals surface area contributed by atoms with Crippen molar-refractivity contribution in [2.75, 3.05) is 32.7 Å². The second-order valence-corrected chi connectivity index (χ2v) is 6.78. The standard InChI is InChI=1S/C13H22ClN5OS/c1-3-10(2)15-12(20)9-19-6-4-18(5-7-19)8-11-13(14)21-17-16-11/h10H,3-9H2,1-2H3,(H,15,20)/t10-/m1/s1. The topological polar surface area (TPSA) is 61.4 Å². The number of hydrogen-bond donors (Lipinski definition) is 1. The lowest BCUT2D eigenvalue weighted by molar-refractivity contribution is -0.123. The van der Waals surface area contributed by atoms with Crippen molar-refractivity contribution in [3.8, 4) is 0 Å². The van der Waals surface area contributed by atoms with Crippen LogP contribution in [0.3, 0.4) is 0 Å². The third-order valence-corrected chi connectivity index (χ3v) is 4.72. The van der Waals surface area contributed by atoms with Crippen LogP contribution in [0.4, 0.5) is 0 Å². The van der Waals surface area contributed by atoms with Gasteiger partial charge in [0.1, 0.15) is 10.0 Å². The largest absolute Gasteiger partial charge is 0.353 e. The number of carbonyl (C=O) groups excluding carboxylic acids is 1. The van der Waals surface area contributed by atoms with E-state index in [2.05, 4.69) is 31.6 Å². The van der Waals surface area contributed by atoms with Gasteiger partial charge in [0.2, 0.25) is 5.91 Å². The van der Waals surface area contributed by atoms with Gasteiger partial charge >= 0.3 is 0 Å². The number of nitrogens with one attached hydrogen (secondary N) is 1. The first-order valence-corrected chi connectivity index (χ1v) is 8.44. The van der Waals surface area contributed by atoms with Crippen LogP contribution in [-0.4, -0.2) is 64.1 Å². The predicted octanol–water partition coefficient (Wildman–Crippen LogP) is 1.22. The molecule has 118 valence electrons. The first kappa shape index (κ1) is 16.6. The van der Waals surface area contributed by atoms with E-state index in [0.29, 0.717) is 10.9 Å². The van der Waals surface area contributed by atoms with Gasteiger partial charge in [0.05, 0.1) is 6.54 Å². The number of halogens is 1. The van der Waals surface area contributed by atoms with Crippen LogP contribution in [0.15, 0.2) is 0 Å². The first-order valence-electron chi connectivity index (χ1n) is 7.29. The van der Waals surface area contributed by atoms with Crippen LogP contribution in [0, 0.1) is 0 Å². The number of amides is 1. The monoisotopic (exact) mass is 331 g/mol. The van der Waals surface area contributed by atoms with Crippen molar-refractivity contribution in [1.29, 1.82) is 0 Å². The van der Waals surface area contributed by atoms with Crippen molar-refractivity contribution in [2.45, 2.75) is 32.9 Å². The Morgan fingerprint density at radius 3 is 2.62 bits per heavy atom. The Labute approximate surface area is 134 Å². The van der Waals surface area contributed by atoms with Crippen LogP contribution >= 0.6 is 23.1 Å². The number of hydrogen-bond acceptors (Lipinski definition) is 6. The second-order valence-electron chi connectivity index (χ2n) is 5.42. The molecule has 1 fully saturated rings. The van der Waals surface area contributed by atoms with Crippen LogP contribution in [0.2, 0.25) is 4.34 Å². The van der Waals surface area contributed by atoms with Crippen molar-refractivity contribution in [2.24, 2.45) is 0 Å². The Kier molecular flexibility index (Phi) is 6.35. The third-order valence-electron chi connectivity index (χ3n) is 3.73.